The third-order valence-corrected chi connectivity index (χ3v) is 7.44. The zero-order chi connectivity index (χ0) is 28.1. The standard InChI is InChI=1S/C17H29N7O12P2/c18-5-3-1-2-4-6-20-17(27)35-12-9(7-33-38(31,32)36-37(28,29)30)34-15(11(12)25)24-8-21-10-13(24)22-16(19)23-14(10)26/h8-9,11-12,15,25H,1-7,18H2,(H,20,27)(H,31,32)(H2,28,29,30)(H3,19,22,23,26)/t9-,11-,12-,15-/m1/s1. The molecule has 1 saturated heterocycles. The van der Waals surface area contributed by atoms with E-state index in [0.29, 0.717) is 13.0 Å². The van der Waals surface area contributed by atoms with Crippen molar-refractivity contribution in [3.05, 3.63) is 16.7 Å². The summed E-state index contributed by atoms with van der Waals surface area (Å²) in [7, 11) is -10.7. The fourth-order valence-electron chi connectivity index (χ4n) is 3.66. The number of H-pyrrole nitrogens is 1. The first-order valence-electron chi connectivity index (χ1n) is 11.3. The number of phosphoric ester groups is 1. The van der Waals surface area contributed by atoms with Gasteiger partial charge in [-0.25, -0.2) is 18.9 Å². The van der Waals surface area contributed by atoms with Crippen LogP contribution in [0.1, 0.15) is 31.9 Å². The van der Waals surface area contributed by atoms with Gasteiger partial charge in [-0.2, -0.15) is 9.29 Å². The number of nitrogens with one attached hydrogen (secondary N) is 2. The molecule has 3 heterocycles. The Hall–Kier alpha value is -2.44. The van der Waals surface area contributed by atoms with E-state index < -0.39 is 58.4 Å². The number of phosphoric acid groups is 2. The highest BCUT2D eigenvalue weighted by atomic mass is 31.3. The molecule has 19 nitrogen and oxygen atoms in total. The van der Waals surface area contributed by atoms with Crippen molar-refractivity contribution in [2.45, 2.75) is 50.2 Å². The number of nitrogen functional groups attached to an aromatic ring is 1. The van der Waals surface area contributed by atoms with Crippen molar-refractivity contribution < 1.29 is 52.0 Å². The number of hydrogen-bond acceptors (Lipinski definition) is 13. The Labute approximate surface area is 214 Å². The fraction of sp³-hybridized carbons (Fsp3) is 0.647. The Morgan fingerprint density at radius 2 is 1.95 bits per heavy atom. The third kappa shape index (κ3) is 8.03. The number of amides is 1. The van der Waals surface area contributed by atoms with Crippen LogP contribution in [0.4, 0.5) is 10.7 Å². The molecule has 1 amide bonds. The van der Waals surface area contributed by atoms with Crippen LogP contribution in [0.15, 0.2) is 11.1 Å². The van der Waals surface area contributed by atoms with Crippen LogP contribution in [-0.4, -0.2) is 83.4 Å². The van der Waals surface area contributed by atoms with Crippen LogP contribution >= 0.6 is 15.6 Å². The number of ether oxygens (including phenoxy) is 2. The lowest BCUT2D eigenvalue weighted by Gasteiger charge is -2.21. The number of hydrogen-bond donors (Lipinski definition) is 8. The van der Waals surface area contributed by atoms with Gasteiger partial charge in [-0.3, -0.25) is 18.9 Å². The largest absolute Gasteiger partial charge is 0.481 e. The Morgan fingerprint density at radius 3 is 2.63 bits per heavy atom. The molecule has 1 unspecified atom stereocenters. The lowest BCUT2D eigenvalue weighted by atomic mass is 10.1. The van der Waals surface area contributed by atoms with Gasteiger partial charge < -0.3 is 46.0 Å². The number of aliphatic hydroxyl groups is 1. The highest BCUT2D eigenvalue weighted by molar-refractivity contribution is 7.60. The van der Waals surface area contributed by atoms with Crippen molar-refractivity contribution in [1.29, 1.82) is 0 Å². The summed E-state index contributed by atoms with van der Waals surface area (Å²) in [5, 5.41) is 13.4. The van der Waals surface area contributed by atoms with Gasteiger partial charge in [0.05, 0.1) is 12.9 Å². The first-order chi connectivity index (χ1) is 17.8. The van der Waals surface area contributed by atoms with E-state index in [4.69, 9.17) is 30.7 Å². The SMILES string of the molecule is NCCCCCCNC(=O)O[C@H]1[C@@H](O)[C@H](n2cnc3c(=O)[nH]c(N)nc32)O[C@@H]1COP(=O)(O)OP(=O)(O)O. The number of anilines is 1. The van der Waals surface area contributed by atoms with E-state index in [1.807, 2.05) is 0 Å². The number of rotatable bonds is 13. The molecule has 1 fully saturated rings. The maximum Gasteiger partial charge on any atom is 0.481 e. The molecule has 214 valence electrons. The number of aromatic nitrogens is 4. The maximum absolute atomic E-state index is 12.4. The number of unbranched alkanes of at least 4 members (excludes halogenated alkanes) is 3. The summed E-state index contributed by atoms with van der Waals surface area (Å²) >= 11 is 0. The van der Waals surface area contributed by atoms with Crippen molar-refractivity contribution in [3.8, 4) is 0 Å². The minimum absolute atomic E-state index is 0.0878. The molecule has 3 rings (SSSR count). The quantitative estimate of drug-likeness (QED) is 0.101. The van der Waals surface area contributed by atoms with Gasteiger partial charge in [0, 0.05) is 6.54 Å². The van der Waals surface area contributed by atoms with Crippen LogP contribution in [0.25, 0.3) is 11.2 Å². The van der Waals surface area contributed by atoms with Gasteiger partial charge in [0.15, 0.2) is 23.5 Å². The monoisotopic (exact) mass is 585 g/mol. The number of nitrogens with zero attached hydrogens (tertiary/aromatic N) is 3. The van der Waals surface area contributed by atoms with Crippen LogP contribution < -0.4 is 22.3 Å². The molecule has 1 aliphatic heterocycles. The highest BCUT2D eigenvalue weighted by Gasteiger charge is 2.49. The lowest BCUT2D eigenvalue weighted by molar-refractivity contribution is -0.0508. The number of fused-ring (bicyclic) bond motifs is 1. The Morgan fingerprint density at radius 1 is 1.24 bits per heavy atom. The summed E-state index contributed by atoms with van der Waals surface area (Å²) in [5.41, 5.74) is 10.1. The third-order valence-electron chi connectivity index (χ3n) is 5.29. The summed E-state index contributed by atoms with van der Waals surface area (Å²) in [6.07, 6.45) is -2.73. The minimum Gasteiger partial charge on any atom is -0.440 e. The normalized spacial score (nSPS) is 23.4. The van der Waals surface area contributed by atoms with Crippen LogP contribution in [0.5, 0.6) is 0 Å². The summed E-state index contributed by atoms with van der Waals surface area (Å²) in [5.74, 6) is -0.258. The molecule has 0 saturated carbocycles. The first-order valence-corrected chi connectivity index (χ1v) is 14.3. The zero-order valence-electron chi connectivity index (χ0n) is 19.8. The molecule has 0 bridgehead atoms. The van der Waals surface area contributed by atoms with E-state index in [1.165, 1.54) is 0 Å². The van der Waals surface area contributed by atoms with E-state index in [-0.39, 0.29) is 23.7 Å². The fourth-order valence-corrected chi connectivity index (χ4v) is 5.26. The van der Waals surface area contributed by atoms with Gasteiger partial charge in [-0.05, 0) is 19.4 Å². The van der Waals surface area contributed by atoms with Crippen LogP contribution in [-0.2, 0) is 27.4 Å². The molecule has 38 heavy (non-hydrogen) atoms. The lowest BCUT2D eigenvalue weighted by Crippen LogP contribution is -2.41. The van der Waals surface area contributed by atoms with Gasteiger partial charge in [-0.1, -0.05) is 12.8 Å². The Balaban J connectivity index is 1.77. The Kier molecular flexibility index (Phi) is 9.99. The molecule has 21 heteroatoms. The molecule has 2 aromatic rings. The topological polar surface area (TPSA) is 297 Å². The number of alkyl carbamates (subject to hydrolysis) is 1. The summed E-state index contributed by atoms with van der Waals surface area (Å²) in [6, 6.07) is 0. The predicted molar refractivity (Wildman–Crippen MR) is 127 cm³/mol. The zero-order valence-corrected chi connectivity index (χ0v) is 21.6. The van der Waals surface area contributed by atoms with E-state index in [1.54, 1.807) is 0 Å². The Bertz CT molecular complexity index is 1270. The average molecular weight is 585 g/mol. The number of nitrogens with two attached hydrogens (primary N) is 2. The molecular weight excluding hydrogens is 556 g/mol. The van der Waals surface area contributed by atoms with Crippen molar-refractivity contribution in [1.82, 2.24) is 24.8 Å². The van der Waals surface area contributed by atoms with Crippen LogP contribution in [0, 0.1) is 0 Å². The van der Waals surface area contributed by atoms with E-state index >= 15 is 0 Å². The maximum atomic E-state index is 12.4. The summed E-state index contributed by atoms with van der Waals surface area (Å²) in [4.78, 5) is 61.8. The first kappa shape index (κ1) is 30.1. The number of carbonyl (C=O) groups is 1. The van der Waals surface area contributed by atoms with Gasteiger partial charge >= 0.3 is 21.7 Å². The molecule has 0 spiro atoms. The smallest absolute Gasteiger partial charge is 0.440 e. The molecule has 0 aromatic carbocycles. The second kappa shape index (κ2) is 12.6. The predicted octanol–water partition coefficient (Wildman–Crippen LogP) is -1.20. The van der Waals surface area contributed by atoms with Gasteiger partial charge in [-0.15, -0.1) is 0 Å². The van der Waals surface area contributed by atoms with E-state index in [9.17, 15) is 28.7 Å². The molecule has 5 atom stereocenters. The minimum atomic E-state index is -5.41. The van der Waals surface area contributed by atoms with Gasteiger partial charge in [0.25, 0.3) is 5.56 Å². The number of aromatic amines is 1. The molecular formula is C17H29N7O12P2. The molecule has 2 aromatic heterocycles. The summed E-state index contributed by atoms with van der Waals surface area (Å²) in [6.45, 7) is -0.110. The van der Waals surface area contributed by atoms with Gasteiger partial charge in [0.2, 0.25) is 5.95 Å². The average Bonchev–Trinajstić information content (AvgIpc) is 3.34. The molecule has 1 aliphatic rings. The van der Waals surface area contributed by atoms with Crippen molar-refractivity contribution in [2.24, 2.45) is 5.73 Å². The van der Waals surface area contributed by atoms with Crippen molar-refractivity contribution in [2.75, 3.05) is 25.4 Å². The van der Waals surface area contributed by atoms with Crippen molar-refractivity contribution in [3.63, 3.8) is 0 Å². The molecule has 0 radical (unpaired) electrons. The van der Waals surface area contributed by atoms with Gasteiger partial charge in [0.1, 0.15) is 12.2 Å². The molecule has 10 N–H and O–H groups in total. The van der Waals surface area contributed by atoms with Crippen molar-refractivity contribution >= 4 is 38.9 Å². The van der Waals surface area contributed by atoms with E-state index in [0.717, 1.165) is 30.2 Å². The molecule has 0 aliphatic carbocycles. The van der Waals surface area contributed by atoms with Crippen LogP contribution in [0.2, 0.25) is 0 Å². The second-order valence-corrected chi connectivity index (χ2v) is 11.0. The van der Waals surface area contributed by atoms with E-state index in [2.05, 4.69) is 29.1 Å². The highest BCUT2D eigenvalue weighted by Crippen LogP contribution is 2.57. The van der Waals surface area contributed by atoms with Crippen LogP contribution in [0.3, 0.4) is 0 Å². The number of aliphatic hydroxyl groups excluding tert-OH is 1. The summed E-state index contributed by atoms with van der Waals surface area (Å²) < 4.78 is 43.2. The number of carbonyl (C=O) groups excluding carboxylic acids is 1. The second-order valence-electron chi connectivity index (χ2n) is 8.17. The number of imidazole rings is 1.